The lowest BCUT2D eigenvalue weighted by Gasteiger charge is -2.22. The molecule has 1 heterocycles. The van der Waals surface area contributed by atoms with Crippen LogP contribution in [0.15, 0.2) is 36.8 Å². The van der Waals surface area contributed by atoms with Gasteiger partial charge in [0.05, 0.1) is 18.2 Å². The fourth-order valence-electron chi connectivity index (χ4n) is 2.93. The van der Waals surface area contributed by atoms with Gasteiger partial charge in [-0.15, -0.1) is 0 Å². The third kappa shape index (κ3) is 8.63. The van der Waals surface area contributed by atoms with E-state index in [9.17, 15) is 23.6 Å². The molecule has 33 heavy (non-hydrogen) atoms. The molecule has 2 aromatic rings. The van der Waals surface area contributed by atoms with E-state index in [4.69, 9.17) is 5.41 Å². The molecule has 0 bridgehead atoms. The number of hydrogen-bond acceptors (Lipinski definition) is 6. The van der Waals surface area contributed by atoms with E-state index in [2.05, 4.69) is 25.9 Å². The second-order valence-electron chi connectivity index (χ2n) is 7.29. The fraction of sp³-hybridized carbons (Fsp3) is 0.364. The van der Waals surface area contributed by atoms with Crippen molar-refractivity contribution in [2.75, 3.05) is 0 Å². The van der Waals surface area contributed by atoms with Crippen molar-refractivity contribution >= 4 is 29.7 Å². The summed E-state index contributed by atoms with van der Waals surface area (Å²) in [4.78, 5) is 56.0. The third-order valence-electron chi connectivity index (χ3n) is 4.79. The number of rotatable bonds is 13. The highest BCUT2D eigenvalue weighted by Gasteiger charge is 2.27. The van der Waals surface area contributed by atoms with Gasteiger partial charge >= 0.3 is 0 Å². The number of ketones is 1. The quantitative estimate of drug-likeness (QED) is 0.280. The van der Waals surface area contributed by atoms with E-state index < -0.39 is 35.5 Å². The maximum atomic E-state index is 13.1. The molecule has 0 aliphatic carbocycles. The minimum atomic E-state index is -1.08. The number of amides is 3. The normalized spacial score (nSPS) is 12.3. The van der Waals surface area contributed by atoms with Gasteiger partial charge in [-0.2, -0.15) is 0 Å². The number of carbonyl (C=O) groups excluding carboxylic acids is 4. The van der Waals surface area contributed by atoms with Crippen LogP contribution in [0.3, 0.4) is 0 Å². The van der Waals surface area contributed by atoms with Crippen LogP contribution in [0.2, 0.25) is 0 Å². The van der Waals surface area contributed by atoms with Crippen LogP contribution in [0, 0.1) is 11.2 Å². The fourth-order valence-corrected chi connectivity index (χ4v) is 2.93. The van der Waals surface area contributed by atoms with E-state index in [0.29, 0.717) is 17.5 Å². The highest BCUT2D eigenvalue weighted by molar-refractivity contribution is 6.26. The molecule has 176 valence electrons. The number of halogens is 1. The lowest BCUT2D eigenvalue weighted by Crippen LogP contribution is -2.54. The molecule has 0 spiro atoms. The topological polar surface area (TPSA) is 157 Å². The zero-order valence-corrected chi connectivity index (χ0v) is 18.2. The molecule has 0 radical (unpaired) electrons. The minimum Gasteiger partial charge on any atom is -0.351 e. The number of hydrogen-bond donors (Lipinski definition) is 5. The third-order valence-corrected chi connectivity index (χ3v) is 4.79. The summed E-state index contributed by atoms with van der Waals surface area (Å²) >= 11 is 0. The van der Waals surface area contributed by atoms with Gasteiger partial charge in [-0.1, -0.05) is 19.1 Å². The summed E-state index contributed by atoms with van der Waals surface area (Å²) in [7, 11) is 0. The molecule has 11 heteroatoms. The smallest absolute Gasteiger partial charge is 0.243 e. The van der Waals surface area contributed by atoms with Crippen LogP contribution in [0.4, 0.5) is 4.39 Å². The zero-order chi connectivity index (χ0) is 24.2. The van der Waals surface area contributed by atoms with Crippen molar-refractivity contribution in [2.45, 2.75) is 51.2 Å². The Morgan fingerprint density at radius 1 is 1.12 bits per heavy atom. The molecule has 0 aliphatic rings. The number of imidazole rings is 1. The van der Waals surface area contributed by atoms with Gasteiger partial charge in [-0.3, -0.25) is 19.2 Å². The summed E-state index contributed by atoms with van der Waals surface area (Å²) in [6, 6.07) is 3.50. The molecule has 0 fully saturated rings. The number of nitrogens with zero attached hydrogens (tertiary/aromatic N) is 1. The molecular weight excluding hydrogens is 431 g/mol. The second kappa shape index (κ2) is 12.8. The molecule has 0 unspecified atom stereocenters. The van der Waals surface area contributed by atoms with E-state index in [-0.39, 0.29) is 38.1 Å². The highest BCUT2D eigenvalue weighted by Crippen LogP contribution is 2.06. The van der Waals surface area contributed by atoms with Crippen LogP contribution in [-0.4, -0.2) is 51.8 Å². The number of Topliss-reactive ketones (excluding diaryl/α,β-unsaturated/α-hetero) is 1. The van der Waals surface area contributed by atoms with E-state index in [1.54, 1.807) is 13.1 Å². The molecule has 5 N–H and O–H groups in total. The Labute approximate surface area is 190 Å². The largest absolute Gasteiger partial charge is 0.351 e. The van der Waals surface area contributed by atoms with Crippen molar-refractivity contribution in [3.8, 4) is 0 Å². The number of aromatic nitrogens is 2. The lowest BCUT2D eigenvalue weighted by atomic mass is 10.1. The lowest BCUT2D eigenvalue weighted by molar-refractivity contribution is -0.132. The Morgan fingerprint density at radius 3 is 2.45 bits per heavy atom. The second-order valence-corrected chi connectivity index (χ2v) is 7.29. The number of nitrogens with one attached hydrogen (secondary N) is 5. The number of benzene rings is 1. The number of aromatic amines is 1. The zero-order valence-electron chi connectivity index (χ0n) is 18.2. The molecule has 10 nitrogen and oxygen atoms in total. The standard InChI is InChI=1S/C22H27FN6O4/c1-2-20(31)28-19(9-16-12-25-13-27-16)22(33)29-18(8-7-17(30)10-24)21(32)26-11-14-3-5-15(23)6-4-14/h3-6,10,12-13,18-19,24H,2,7-9,11H2,1H3,(H,25,27)(H,26,32)(H,28,31)(H,29,33)/t18-,19-/m0/s1. The predicted molar refractivity (Wildman–Crippen MR) is 118 cm³/mol. The Balaban J connectivity index is 2.10. The Kier molecular flexibility index (Phi) is 9.87. The van der Waals surface area contributed by atoms with Crippen molar-refractivity contribution in [1.82, 2.24) is 25.9 Å². The number of carbonyl (C=O) groups is 4. The summed E-state index contributed by atoms with van der Waals surface area (Å²) in [5.41, 5.74) is 1.19. The van der Waals surface area contributed by atoms with E-state index in [0.717, 1.165) is 0 Å². The Morgan fingerprint density at radius 2 is 1.85 bits per heavy atom. The molecule has 0 saturated heterocycles. The molecule has 0 saturated carbocycles. The maximum absolute atomic E-state index is 13.1. The van der Waals surface area contributed by atoms with Crippen molar-refractivity contribution in [1.29, 1.82) is 5.41 Å². The van der Waals surface area contributed by atoms with Crippen LogP contribution < -0.4 is 16.0 Å². The summed E-state index contributed by atoms with van der Waals surface area (Å²) in [6.45, 7) is 1.74. The summed E-state index contributed by atoms with van der Waals surface area (Å²) < 4.78 is 13.1. The SMILES string of the molecule is CCC(=O)N[C@@H](Cc1c[nH]cn1)C(=O)N[C@@H](CCC(=O)C=N)C(=O)NCc1ccc(F)cc1. The minimum absolute atomic E-state index is 0.0357. The molecule has 1 aromatic heterocycles. The Bertz CT molecular complexity index is 962. The van der Waals surface area contributed by atoms with Gasteiger partial charge < -0.3 is 26.3 Å². The first kappa shape index (κ1) is 25.4. The van der Waals surface area contributed by atoms with Crippen LogP contribution in [0.25, 0.3) is 0 Å². The van der Waals surface area contributed by atoms with Crippen molar-refractivity contribution in [2.24, 2.45) is 0 Å². The van der Waals surface area contributed by atoms with Crippen molar-refractivity contribution in [3.63, 3.8) is 0 Å². The molecule has 0 aliphatic heterocycles. The van der Waals surface area contributed by atoms with Gasteiger partial charge in [0.1, 0.15) is 17.9 Å². The molecule has 3 amide bonds. The molecule has 2 rings (SSSR count). The van der Waals surface area contributed by atoms with Gasteiger partial charge in [-0.05, 0) is 24.1 Å². The van der Waals surface area contributed by atoms with Crippen LogP contribution in [-0.2, 0) is 32.1 Å². The Hall–Kier alpha value is -3.89. The van der Waals surface area contributed by atoms with Gasteiger partial charge in [0.2, 0.25) is 17.7 Å². The molecular formula is C22H27FN6O4. The monoisotopic (exact) mass is 458 g/mol. The van der Waals surface area contributed by atoms with Gasteiger partial charge in [0.15, 0.2) is 5.78 Å². The van der Waals surface area contributed by atoms with Crippen molar-refractivity contribution in [3.05, 3.63) is 53.9 Å². The van der Waals surface area contributed by atoms with E-state index in [1.165, 1.54) is 30.6 Å². The van der Waals surface area contributed by atoms with Crippen LogP contribution in [0.1, 0.15) is 37.4 Å². The summed E-state index contributed by atoms with van der Waals surface area (Å²) in [5.74, 6) is -2.40. The highest BCUT2D eigenvalue weighted by atomic mass is 19.1. The predicted octanol–water partition coefficient (Wildman–Crippen LogP) is 0.786. The van der Waals surface area contributed by atoms with Gasteiger partial charge in [0.25, 0.3) is 0 Å². The maximum Gasteiger partial charge on any atom is 0.243 e. The molecule has 1 aromatic carbocycles. The first-order valence-electron chi connectivity index (χ1n) is 10.4. The van der Waals surface area contributed by atoms with Crippen molar-refractivity contribution < 1.29 is 23.6 Å². The van der Waals surface area contributed by atoms with E-state index in [1.807, 2.05) is 0 Å². The van der Waals surface area contributed by atoms with Crippen LogP contribution in [0.5, 0.6) is 0 Å². The molecule has 2 atom stereocenters. The average molecular weight is 458 g/mol. The first-order chi connectivity index (χ1) is 15.8. The summed E-state index contributed by atoms with van der Waals surface area (Å²) in [5, 5.41) is 14.9. The van der Waals surface area contributed by atoms with Crippen LogP contribution >= 0.6 is 0 Å². The number of H-pyrrole nitrogens is 1. The summed E-state index contributed by atoms with van der Waals surface area (Å²) in [6.07, 6.45) is 3.80. The average Bonchev–Trinajstić information content (AvgIpc) is 3.33. The van der Waals surface area contributed by atoms with Gasteiger partial charge in [-0.25, -0.2) is 9.37 Å². The first-order valence-corrected chi connectivity index (χ1v) is 10.4. The van der Waals surface area contributed by atoms with Gasteiger partial charge in [0, 0.05) is 32.0 Å². The van der Waals surface area contributed by atoms with E-state index >= 15 is 0 Å².